The van der Waals surface area contributed by atoms with Gasteiger partial charge in [0.05, 0.1) is 12.8 Å². The number of aryl methyl sites for hydroxylation is 1. The van der Waals surface area contributed by atoms with Crippen molar-refractivity contribution in [3.05, 3.63) is 42.2 Å². The summed E-state index contributed by atoms with van der Waals surface area (Å²) >= 11 is 0. The van der Waals surface area contributed by atoms with Crippen LogP contribution >= 0.6 is 0 Å². The zero-order chi connectivity index (χ0) is 15.9. The van der Waals surface area contributed by atoms with Crippen LogP contribution < -0.4 is 5.32 Å². The number of carbonyl (C=O) groups is 1. The third kappa shape index (κ3) is 4.66. The number of nitrogens with one attached hydrogen (secondary N) is 1. The number of oxazole rings is 1. The van der Waals surface area contributed by atoms with Gasteiger partial charge in [-0.1, -0.05) is 0 Å². The molecule has 118 valence electrons. The summed E-state index contributed by atoms with van der Waals surface area (Å²) in [6.07, 6.45) is 2.28. The summed E-state index contributed by atoms with van der Waals surface area (Å²) < 4.78 is 23.4. The minimum atomic E-state index is -0.301. The normalized spacial score (nSPS) is 12.1. The number of hydrogen-bond donors (Lipinski definition) is 1. The number of methoxy groups -OCH3 is 1. The van der Waals surface area contributed by atoms with Crippen LogP contribution in [-0.4, -0.2) is 30.6 Å². The van der Waals surface area contributed by atoms with Crippen LogP contribution in [0.4, 0.5) is 4.39 Å². The van der Waals surface area contributed by atoms with Gasteiger partial charge in [0.2, 0.25) is 5.91 Å². The van der Waals surface area contributed by atoms with Crippen LogP contribution in [0.25, 0.3) is 11.3 Å². The van der Waals surface area contributed by atoms with Crippen LogP contribution in [0.5, 0.6) is 0 Å². The van der Waals surface area contributed by atoms with Crippen LogP contribution in [-0.2, 0) is 16.0 Å². The Morgan fingerprint density at radius 3 is 2.82 bits per heavy atom. The van der Waals surface area contributed by atoms with E-state index >= 15 is 0 Å². The van der Waals surface area contributed by atoms with Crippen LogP contribution in [0, 0.1) is 5.82 Å². The van der Waals surface area contributed by atoms with E-state index in [4.69, 9.17) is 9.15 Å². The first-order chi connectivity index (χ1) is 10.6. The molecule has 0 aliphatic carbocycles. The number of halogens is 1. The molecule has 1 aromatic heterocycles. The van der Waals surface area contributed by atoms with Crippen molar-refractivity contribution in [2.24, 2.45) is 0 Å². The first kappa shape index (κ1) is 16.2. The van der Waals surface area contributed by atoms with Crippen molar-refractivity contribution < 1.29 is 18.3 Å². The monoisotopic (exact) mass is 306 g/mol. The van der Waals surface area contributed by atoms with Crippen molar-refractivity contribution in [1.82, 2.24) is 10.3 Å². The molecule has 0 saturated carbocycles. The van der Waals surface area contributed by atoms with E-state index in [9.17, 15) is 9.18 Å². The Hall–Kier alpha value is -2.21. The van der Waals surface area contributed by atoms with E-state index in [2.05, 4.69) is 10.3 Å². The molecular formula is C16H19FN2O3. The number of hydrogen-bond acceptors (Lipinski definition) is 4. The lowest BCUT2D eigenvalue weighted by Crippen LogP contribution is -2.35. The van der Waals surface area contributed by atoms with Crippen LogP contribution in [0.1, 0.15) is 19.2 Å². The van der Waals surface area contributed by atoms with E-state index in [0.717, 1.165) is 5.56 Å². The average Bonchev–Trinajstić information content (AvgIpc) is 2.95. The Labute approximate surface area is 128 Å². The Morgan fingerprint density at radius 1 is 1.41 bits per heavy atom. The van der Waals surface area contributed by atoms with Gasteiger partial charge in [0.25, 0.3) is 0 Å². The van der Waals surface area contributed by atoms with Crippen molar-refractivity contribution in [2.75, 3.05) is 13.7 Å². The van der Waals surface area contributed by atoms with Gasteiger partial charge in [-0.2, -0.15) is 0 Å². The molecule has 5 nitrogen and oxygen atoms in total. The van der Waals surface area contributed by atoms with Crippen molar-refractivity contribution in [3.8, 4) is 11.3 Å². The molecule has 1 atom stereocenters. The van der Waals surface area contributed by atoms with Gasteiger partial charge in [-0.15, -0.1) is 0 Å². The summed E-state index contributed by atoms with van der Waals surface area (Å²) in [6.45, 7) is 2.35. The number of benzene rings is 1. The Bertz CT molecular complexity index is 610. The zero-order valence-corrected chi connectivity index (χ0v) is 12.6. The van der Waals surface area contributed by atoms with Gasteiger partial charge in [-0.05, 0) is 31.2 Å². The van der Waals surface area contributed by atoms with Gasteiger partial charge >= 0.3 is 0 Å². The van der Waals surface area contributed by atoms with E-state index in [0.29, 0.717) is 24.7 Å². The zero-order valence-electron chi connectivity index (χ0n) is 12.6. The number of rotatable bonds is 7. The molecule has 2 aromatic rings. The second kappa shape index (κ2) is 7.70. The minimum Gasteiger partial charge on any atom is -0.441 e. The van der Waals surface area contributed by atoms with Crippen LogP contribution in [0.15, 0.2) is 34.9 Å². The van der Waals surface area contributed by atoms with Crippen molar-refractivity contribution in [1.29, 1.82) is 0 Å². The van der Waals surface area contributed by atoms with E-state index in [1.165, 1.54) is 12.1 Å². The molecule has 22 heavy (non-hydrogen) atoms. The summed E-state index contributed by atoms with van der Waals surface area (Å²) in [5, 5.41) is 2.82. The SMILES string of the molecule is COC[C@@H](C)NC(=O)CCc1ncc(-c2ccc(F)cc2)o1. The number of amides is 1. The Balaban J connectivity index is 1.87. The Morgan fingerprint density at radius 2 is 2.14 bits per heavy atom. The minimum absolute atomic E-state index is 0.0307. The number of aromatic nitrogens is 1. The van der Waals surface area contributed by atoms with Gasteiger partial charge in [0.1, 0.15) is 5.82 Å². The standard InChI is InChI=1S/C16H19FN2O3/c1-11(10-21-2)19-15(20)7-8-16-18-9-14(22-16)12-3-5-13(17)6-4-12/h3-6,9,11H,7-8,10H2,1-2H3,(H,19,20)/t11-/m1/s1. The lowest BCUT2D eigenvalue weighted by Gasteiger charge is -2.11. The molecule has 0 fully saturated rings. The quantitative estimate of drug-likeness (QED) is 0.854. The first-order valence-corrected chi connectivity index (χ1v) is 7.07. The highest BCUT2D eigenvalue weighted by molar-refractivity contribution is 5.76. The molecule has 0 bridgehead atoms. The molecule has 1 heterocycles. The second-order valence-electron chi connectivity index (χ2n) is 5.05. The predicted octanol–water partition coefficient (Wildman–Crippen LogP) is 2.56. The number of nitrogens with zero attached hydrogens (tertiary/aromatic N) is 1. The van der Waals surface area contributed by atoms with E-state index in [1.807, 2.05) is 6.92 Å². The largest absolute Gasteiger partial charge is 0.441 e. The summed E-state index contributed by atoms with van der Waals surface area (Å²) in [6, 6.07) is 5.94. The molecular weight excluding hydrogens is 287 g/mol. The molecule has 1 N–H and O–H groups in total. The van der Waals surface area contributed by atoms with Gasteiger partial charge in [-0.25, -0.2) is 9.37 Å². The predicted molar refractivity (Wildman–Crippen MR) is 79.7 cm³/mol. The lowest BCUT2D eigenvalue weighted by atomic mass is 10.2. The maximum Gasteiger partial charge on any atom is 0.220 e. The van der Waals surface area contributed by atoms with Gasteiger partial charge in [0, 0.05) is 31.6 Å². The maximum absolute atomic E-state index is 12.9. The van der Waals surface area contributed by atoms with Crippen molar-refractivity contribution in [3.63, 3.8) is 0 Å². The third-order valence-corrected chi connectivity index (χ3v) is 3.07. The summed E-state index contributed by atoms with van der Waals surface area (Å²) in [4.78, 5) is 15.9. The first-order valence-electron chi connectivity index (χ1n) is 7.07. The topological polar surface area (TPSA) is 64.4 Å². The summed E-state index contributed by atoms with van der Waals surface area (Å²) in [5.41, 5.74) is 0.748. The molecule has 1 amide bonds. The molecule has 0 unspecified atom stereocenters. The molecule has 1 aromatic carbocycles. The van der Waals surface area contributed by atoms with Crippen LogP contribution in [0.2, 0.25) is 0 Å². The van der Waals surface area contributed by atoms with E-state index < -0.39 is 0 Å². The fourth-order valence-electron chi connectivity index (χ4n) is 2.03. The van der Waals surface area contributed by atoms with Crippen molar-refractivity contribution >= 4 is 5.91 Å². The summed E-state index contributed by atoms with van der Waals surface area (Å²) in [5.74, 6) is 0.661. The molecule has 6 heteroatoms. The van der Waals surface area contributed by atoms with E-state index in [-0.39, 0.29) is 24.2 Å². The van der Waals surface area contributed by atoms with Crippen molar-refractivity contribution in [2.45, 2.75) is 25.8 Å². The van der Waals surface area contributed by atoms with Gasteiger partial charge < -0.3 is 14.5 Å². The molecule has 2 rings (SSSR count). The number of ether oxygens (including phenoxy) is 1. The Kier molecular flexibility index (Phi) is 5.66. The maximum atomic E-state index is 12.9. The van der Waals surface area contributed by atoms with Gasteiger partial charge in [0.15, 0.2) is 11.7 Å². The highest BCUT2D eigenvalue weighted by Crippen LogP contribution is 2.21. The number of carbonyl (C=O) groups excluding carboxylic acids is 1. The fourth-order valence-corrected chi connectivity index (χ4v) is 2.03. The highest BCUT2D eigenvalue weighted by atomic mass is 19.1. The summed E-state index contributed by atoms with van der Waals surface area (Å²) in [7, 11) is 1.59. The smallest absolute Gasteiger partial charge is 0.220 e. The lowest BCUT2D eigenvalue weighted by molar-refractivity contribution is -0.122. The highest BCUT2D eigenvalue weighted by Gasteiger charge is 2.11. The molecule has 0 radical (unpaired) electrons. The van der Waals surface area contributed by atoms with E-state index in [1.54, 1.807) is 25.4 Å². The molecule has 0 aliphatic rings. The third-order valence-electron chi connectivity index (χ3n) is 3.07. The molecule has 0 saturated heterocycles. The average molecular weight is 306 g/mol. The second-order valence-corrected chi connectivity index (χ2v) is 5.05. The molecule has 0 spiro atoms. The van der Waals surface area contributed by atoms with Crippen LogP contribution in [0.3, 0.4) is 0 Å². The fraction of sp³-hybridized carbons (Fsp3) is 0.375. The molecule has 0 aliphatic heterocycles. The van der Waals surface area contributed by atoms with Gasteiger partial charge in [-0.3, -0.25) is 4.79 Å².